The zero-order valence-corrected chi connectivity index (χ0v) is 10.7. The third-order valence-corrected chi connectivity index (χ3v) is 3.07. The van der Waals surface area contributed by atoms with Crippen LogP contribution < -0.4 is 5.32 Å². The highest BCUT2D eigenvalue weighted by Gasteiger charge is 2.05. The van der Waals surface area contributed by atoms with Crippen molar-refractivity contribution in [1.29, 1.82) is 0 Å². The van der Waals surface area contributed by atoms with Crippen LogP contribution in [0.25, 0.3) is 0 Å². The van der Waals surface area contributed by atoms with Crippen LogP contribution in [0.3, 0.4) is 0 Å². The molecule has 0 fully saturated rings. The van der Waals surface area contributed by atoms with Crippen molar-refractivity contribution in [2.45, 2.75) is 19.5 Å². The summed E-state index contributed by atoms with van der Waals surface area (Å²) < 4.78 is 1.11. The fourth-order valence-corrected chi connectivity index (χ4v) is 1.75. The molecule has 0 aliphatic rings. The van der Waals surface area contributed by atoms with Gasteiger partial charge < -0.3 is 5.32 Å². The zero-order valence-electron chi connectivity index (χ0n) is 9.07. The first-order valence-corrected chi connectivity index (χ1v) is 6.01. The van der Waals surface area contributed by atoms with Crippen LogP contribution in [0.5, 0.6) is 0 Å². The maximum atomic E-state index is 3.94. The Bertz CT molecular complexity index is 422. The summed E-state index contributed by atoms with van der Waals surface area (Å²) in [7, 11) is 0. The van der Waals surface area contributed by atoms with Gasteiger partial charge in [0.25, 0.3) is 0 Å². The van der Waals surface area contributed by atoms with E-state index in [2.05, 4.69) is 62.6 Å². The first kappa shape index (κ1) is 11.4. The lowest BCUT2D eigenvalue weighted by atomic mass is 10.1. The number of nitrogens with zero attached hydrogens (tertiary/aromatic N) is 1. The van der Waals surface area contributed by atoms with Gasteiger partial charge in [0.2, 0.25) is 0 Å². The molecule has 0 aliphatic carbocycles. The number of rotatable bonds is 4. The minimum absolute atomic E-state index is 0.308. The predicted molar refractivity (Wildman–Crippen MR) is 68.0 cm³/mol. The van der Waals surface area contributed by atoms with Gasteiger partial charge in [0.1, 0.15) is 0 Å². The Balaban J connectivity index is 1.90. The molecule has 0 saturated carbocycles. The molecule has 3 nitrogen and oxygen atoms in total. The Hall–Kier alpha value is -1.13. The molecule has 1 heterocycles. The second-order valence-corrected chi connectivity index (χ2v) is 4.68. The highest BCUT2D eigenvalue weighted by Crippen LogP contribution is 2.13. The van der Waals surface area contributed by atoms with Gasteiger partial charge in [-0.1, -0.05) is 28.1 Å². The molecule has 0 bridgehead atoms. The van der Waals surface area contributed by atoms with Crippen molar-refractivity contribution in [2.75, 3.05) is 0 Å². The van der Waals surface area contributed by atoms with Gasteiger partial charge in [0, 0.05) is 28.8 Å². The van der Waals surface area contributed by atoms with Crippen LogP contribution >= 0.6 is 15.9 Å². The van der Waals surface area contributed by atoms with Gasteiger partial charge in [0.15, 0.2) is 0 Å². The van der Waals surface area contributed by atoms with Gasteiger partial charge in [-0.2, -0.15) is 5.10 Å². The lowest BCUT2D eigenvalue weighted by Gasteiger charge is -2.11. The molecule has 1 aromatic carbocycles. The molecule has 84 valence electrons. The van der Waals surface area contributed by atoms with Gasteiger partial charge in [0.05, 0.1) is 6.20 Å². The van der Waals surface area contributed by atoms with Crippen LogP contribution in [0.4, 0.5) is 0 Å². The Labute approximate surface area is 103 Å². The number of halogens is 1. The molecule has 2 aromatic rings. The normalized spacial score (nSPS) is 12.6. The van der Waals surface area contributed by atoms with Crippen molar-refractivity contribution in [1.82, 2.24) is 15.5 Å². The maximum absolute atomic E-state index is 3.94. The number of hydrogen-bond donors (Lipinski definition) is 2. The molecule has 4 heteroatoms. The highest BCUT2D eigenvalue weighted by atomic mass is 79.9. The van der Waals surface area contributed by atoms with Crippen molar-refractivity contribution in [3.05, 3.63) is 52.3 Å². The standard InChI is InChI=1S/C12H14BrN3/c1-9(11-7-15-16-8-11)14-6-10-2-4-12(13)5-3-10/h2-5,7-9,14H,6H2,1H3,(H,15,16). The molecule has 1 unspecified atom stereocenters. The quantitative estimate of drug-likeness (QED) is 0.903. The summed E-state index contributed by atoms with van der Waals surface area (Å²) >= 11 is 3.42. The minimum Gasteiger partial charge on any atom is -0.306 e. The monoisotopic (exact) mass is 279 g/mol. The lowest BCUT2D eigenvalue weighted by Crippen LogP contribution is -2.17. The Morgan fingerprint density at radius 2 is 2.12 bits per heavy atom. The van der Waals surface area contributed by atoms with Gasteiger partial charge in [-0.25, -0.2) is 0 Å². The van der Waals surface area contributed by atoms with E-state index in [0.29, 0.717) is 6.04 Å². The molecule has 2 N–H and O–H groups in total. The molecule has 1 atom stereocenters. The second-order valence-electron chi connectivity index (χ2n) is 3.76. The van der Waals surface area contributed by atoms with E-state index in [0.717, 1.165) is 11.0 Å². The van der Waals surface area contributed by atoms with Gasteiger partial charge in [-0.15, -0.1) is 0 Å². The molecule has 0 radical (unpaired) electrons. The summed E-state index contributed by atoms with van der Waals surface area (Å²) in [5, 5.41) is 10.2. The molecule has 2 rings (SSSR count). The number of aromatic amines is 1. The first-order chi connectivity index (χ1) is 7.75. The van der Waals surface area contributed by atoms with Gasteiger partial charge in [-0.05, 0) is 24.6 Å². The lowest BCUT2D eigenvalue weighted by molar-refractivity contribution is 0.575. The van der Waals surface area contributed by atoms with Crippen molar-refractivity contribution in [2.24, 2.45) is 0 Å². The number of H-pyrrole nitrogens is 1. The second kappa shape index (κ2) is 5.27. The molecular weight excluding hydrogens is 266 g/mol. The summed E-state index contributed by atoms with van der Waals surface area (Å²) in [6, 6.07) is 8.64. The molecule has 0 amide bonds. The molecule has 0 aliphatic heterocycles. The molecule has 0 saturated heterocycles. The molecular formula is C12H14BrN3. The van der Waals surface area contributed by atoms with Crippen LogP contribution in [0.1, 0.15) is 24.1 Å². The van der Waals surface area contributed by atoms with Crippen LogP contribution in [0, 0.1) is 0 Å². The molecule has 16 heavy (non-hydrogen) atoms. The Morgan fingerprint density at radius 1 is 1.38 bits per heavy atom. The Kier molecular flexibility index (Phi) is 3.74. The fraction of sp³-hybridized carbons (Fsp3) is 0.250. The summed E-state index contributed by atoms with van der Waals surface area (Å²) in [6.45, 7) is 2.99. The van der Waals surface area contributed by atoms with Crippen LogP contribution in [0.2, 0.25) is 0 Å². The van der Waals surface area contributed by atoms with E-state index in [4.69, 9.17) is 0 Å². The largest absolute Gasteiger partial charge is 0.306 e. The average molecular weight is 280 g/mol. The number of aromatic nitrogens is 2. The molecule has 0 spiro atoms. The van der Waals surface area contributed by atoms with Crippen LogP contribution in [-0.2, 0) is 6.54 Å². The van der Waals surface area contributed by atoms with Gasteiger partial charge in [-0.3, -0.25) is 5.10 Å². The van der Waals surface area contributed by atoms with Crippen LogP contribution in [0.15, 0.2) is 41.1 Å². The van der Waals surface area contributed by atoms with E-state index in [-0.39, 0.29) is 0 Å². The summed E-state index contributed by atoms with van der Waals surface area (Å²) in [5.41, 5.74) is 2.45. The predicted octanol–water partition coefficient (Wildman–Crippen LogP) is 3.02. The number of nitrogens with one attached hydrogen (secondary N) is 2. The maximum Gasteiger partial charge on any atom is 0.0534 e. The van der Waals surface area contributed by atoms with Crippen LogP contribution in [-0.4, -0.2) is 10.2 Å². The van der Waals surface area contributed by atoms with Crippen molar-refractivity contribution < 1.29 is 0 Å². The third-order valence-electron chi connectivity index (χ3n) is 2.55. The summed E-state index contributed by atoms with van der Waals surface area (Å²) in [5.74, 6) is 0. The van der Waals surface area contributed by atoms with E-state index in [1.165, 1.54) is 11.1 Å². The third kappa shape index (κ3) is 2.93. The summed E-state index contributed by atoms with van der Waals surface area (Å²) in [6.07, 6.45) is 3.76. The van der Waals surface area contributed by atoms with Crippen molar-refractivity contribution in [3.63, 3.8) is 0 Å². The first-order valence-electron chi connectivity index (χ1n) is 5.22. The zero-order chi connectivity index (χ0) is 11.4. The minimum atomic E-state index is 0.308. The smallest absolute Gasteiger partial charge is 0.0534 e. The van der Waals surface area contributed by atoms with E-state index in [1.807, 2.05) is 12.4 Å². The van der Waals surface area contributed by atoms with Crippen molar-refractivity contribution >= 4 is 15.9 Å². The van der Waals surface area contributed by atoms with E-state index in [9.17, 15) is 0 Å². The van der Waals surface area contributed by atoms with E-state index < -0.39 is 0 Å². The topological polar surface area (TPSA) is 40.7 Å². The van der Waals surface area contributed by atoms with Crippen molar-refractivity contribution in [3.8, 4) is 0 Å². The average Bonchev–Trinajstić information content (AvgIpc) is 2.81. The van der Waals surface area contributed by atoms with E-state index >= 15 is 0 Å². The fourth-order valence-electron chi connectivity index (χ4n) is 1.49. The summed E-state index contributed by atoms with van der Waals surface area (Å²) in [4.78, 5) is 0. The SMILES string of the molecule is CC(NCc1ccc(Br)cc1)c1cn[nH]c1. The van der Waals surface area contributed by atoms with Gasteiger partial charge >= 0.3 is 0 Å². The molecule has 1 aromatic heterocycles. The van der Waals surface area contributed by atoms with E-state index in [1.54, 1.807) is 0 Å². The highest BCUT2D eigenvalue weighted by molar-refractivity contribution is 9.10. The Morgan fingerprint density at radius 3 is 2.75 bits per heavy atom. The number of hydrogen-bond acceptors (Lipinski definition) is 2. The number of benzene rings is 1.